The second-order valence-corrected chi connectivity index (χ2v) is 29.2. The zero-order valence-corrected chi connectivity index (χ0v) is 55.1. The van der Waals surface area contributed by atoms with E-state index >= 15 is 19.2 Å². The van der Waals surface area contributed by atoms with Crippen LogP contribution in [0.3, 0.4) is 0 Å². The molecular weight excluding hydrogens is 1190 g/mol. The van der Waals surface area contributed by atoms with Gasteiger partial charge in [0.05, 0.1) is 29.3 Å². The number of Topliss-reactive ketones (excluding diaryl/α,β-unsaturated/α-hetero) is 2. The van der Waals surface area contributed by atoms with Crippen molar-refractivity contribution in [2.24, 2.45) is 17.8 Å². The van der Waals surface area contributed by atoms with Crippen molar-refractivity contribution in [3.05, 3.63) is 183 Å². The predicted molar refractivity (Wildman–Crippen MR) is 353 cm³/mol. The highest BCUT2D eigenvalue weighted by atomic mass is 16.8. The van der Waals surface area contributed by atoms with E-state index in [1.165, 1.54) is 23.1 Å². The van der Waals surface area contributed by atoms with E-state index in [9.17, 15) is 10.2 Å². The number of nitrogens with zero attached hydrogens (tertiary/aromatic N) is 2. The molecule has 16 nitrogen and oxygen atoms in total. The highest BCUT2D eigenvalue weighted by molar-refractivity contribution is 6.11. The third-order valence-electron chi connectivity index (χ3n) is 21.6. The maximum atomic E-state index is 17.5. The van der Waals surface area contributed by atoms with Gasteiger partial charge in [-0.15, -0.1) is 0 Å². The minimum atomic E-state index is -1.79. The standard InChI is InChI=1S/C78H82N2O14/c1-42(2)16-15-33-76(10)34-32-54-66(92-76)53(30-25-43(3)4)68-60(67(54)90-72(86)47-26-28-52(29-27-47)88-73-65(83)64(82)69-56(89-73)41-87-75(8,9)91-69)63(81)61-62(79-37-48-21-11-17-45-18-12-22-49(38-79)58(45)48)55-36-57-74(6,7)94-77(70(55)84,78(57,61)93-68)35-31-44(5)71(85)80-39-50-23-13-19-46-20-14-24-51(40-80)59(46)50/h11-14,16-29,31-32,34,55-57,61-62,64-65,69,73,82-83H,15,30,33,35-41H2,1-10H3/b44-31-/t55?,56-,57?,61?,62?,64+,65-,69-,73-,76?,77?,78?/m1/s1. The Bertz CT molecular complexity index is 4220. The SMILES string of the molecule is CC(C)=CCCC1(C)C=Cc2c(c(CC=C(C)C)c3c(c2OC(=O)c2ccc(O[C@@H]4O[C@@H]5COC(C)(C)O[C@H]5[C@@H](O)[C@H]4O)cc2)C(=O)C2C(N4Cc5cccc6cccc(c56)C4)C4CC5C(C)(C)OC(C/C=C(/C)C(=O)N6Cc7cccc8cccc(c78)C6)(C4=O)C25O3)O1. The number of carbonyl (C=O) groups is 4. The van der Waals surface area contributed by atoms with E-state index in [2.05, 4.69) is 91.6 Å². The van der Waals surface area contributed by atoms with E-state index in [-0.39, 0.29) is 65.3 Å². The summed E-state index contributed by atoms with van der Waals surface area (Å²) in [6, 6.07) is 30.4. The Hall–Kier alpha value is -7.80. The monoisotopic (exact) mass is 1270 g/mol. The number of allylic oxidation sites excluding steroid dienone is 4. The summed E-state index contributed by atoms with van der Waals surface area (Å²) in [4.78, 5) is 68.6. The number of ketones is 2. The minimum Gasteiger partial charge on any atom is -0.482 e. The molecule has 1 amide bonds. The third-order valence-corrected chi connectivity index (χ3v) is 21.6. The van der Waals surface area contributed by atoms with Crippen LogP contribution in [0.5, 0.6) is 23.0 Å². The molecule has 2 N–H and O–H groups in total. The van der Waals surface area contributed by atoms with Crippen LogP contribution < -0.4 is 18.9 Å². The second-order valence-electron chi connectivity index (χ2n) is 29.2. The van der Waals surface area contributed by atoms with Crippen LogP contribution in [-0.2, 0) is 61.1 Å². The fourth-order valence-corrected chi connectivity index (χ4v) is 17.3. The first kappa shape index (κ1) is 62.3. The van der Waals surface area contributed by atoms with Crippen molar-refractivity contribution in [2.45, 2.75) is 192 Å². The maximum absolute atomic E-state index is 17.5. The van der Waals surface area contributed by atoms with Gasteiger partial charge in [0, 0.05) is 61.6 Å². The van der Waals surface area contributed by atoms with Gasteiger partial charge in [0.2, 0.25) is 12.2 Å². The Kier molecular flexibility index (Phi) is 15.0. The number of hydrogen-bond acceptors (Lipinski definition) is 15. The van der Waals surface area contributed by atoms with E-state index < -0.39 is 88.7 Å². The van der Waals surface area contributed by atoms with Gasteiger partial charge < -0.3 is 53.0 Å². The van der Waals surface area contributed by atoms with Crippen LogP contribution in [0.15, 0.2) is 138 Å². The van der Waals surface area contributed by atoms with Gasteiger partial charge in [-0.05, 0) is 175 Å². The van der Waals surface area contributed by atoms with Gasteiger partial charge in [-0.3, -0.25) is 19.3 Å². The number of benzene rings is 6. The highest BCUT2D eigenvalue weighted by Gasteiger charge is 2.86. The van der Waals surface area contributed by atoms with E-state index in [0.717, 1.165) is 44.0 Å². The van der Waals surface area contributed by atoms with Gasteiger partial charge in [-0.2, -0.15) is 0 Å². The van der Waals surface area contributed by atoms with Gasteiger partial charge in [0.15, 0.2) is 34.3 Å². The summed E-state index contributed by atoms with van der Waals surface area (Å²) in [7, 11) is 0. The van der Waals surface area contributed by atoms with Gasteiger partial charge in [0.1, 0.15) is 52.8 Å². The number of amides is 1. The number of aliphatic hydroxyl groups is 2. The lowest BCUT2D eigenvalue weighted by molar-refractivity contribution is -0.373. The van der Waals surface area contributed by atoms with Gasteiger partial charge in [-0.25, -0.2) is 4.79 Å². The van der Waals surface area contributed by atoms with Crippen molar-refractivity contribution in [1.29, 1.82) is 0 Å². The molecule has 3 aliphatic carbocycles. The summed E-state index contributed by atoms with van der Waals surface area (Å²) in [6.45, 7) is 21.2. The Morgan fingerprint density at radius 1 is 0.734 bits per heavy atom. The number of rotatable bonds is 13. The molecule has 16 rings (SSSR count). The molecule has 16 heteroatoms. The summed E-state index contributed by atoms with van der Waals surface area (Å²) < 4.78 is 53.7. The van der Waals surface area contributed by atoms with Crippen LogP contribution in [0.25, 0.3) is 27.6 Å². The van der Waals surface area contributed by atoms with Crippen molar-refractivity contribution < 1.29 is 67.3 Å². The Balaban J connectivity index is 0.865. The Morgan fingerprint density at radius 3 is 1.99 bits per heavy atom. The fourth-order valence-electron chi connectivity index (χ4n) is 17.3. The average Bonchev–Trinajstić information content (AvgIpc) is 1.39. The molecule has 7 aliphatic heterocycles. The molecule has 6 aromatic rings. The van der Waals surface area contributed by atoms with Gasteiger partial charge >= 0.3 is 5.97 Å². The Labute approximate surface area is 548 Å². The normalized spacial score (nSPS) is 30.5. The van der Waals surface area contributed by atoms with Crippen molar-refractivity contribution in [3.63, 3.8) is 0 Å². The van der Waals surface area contributed by atoms with E-state index in [1.54, 1.807) is 32.9 Å². The second kappa shape index (κ2) is 22.7. The minimum absolute atomic E-state index is 0.0388. The van der Waals surface area contributed by atoms with Crippen molar-refractivity contribution in [3.8, 4) is 23.0 Å². The van der Waals surface area contributed by atoms with Crippen LogP contribution in [0, 0.1) is 17.8 Å². The van der Waals surface area contributed by atoms with Crippen molar-refractivity contribution >= 4 is 51.1 Å². The van der Waals surface area contributed by atoms with E-state index in [1.807, 2.05) is 69.9 Å². The average molecular weight is 1270 g/mol. The molecule has 3 saturated carbocycles. The molecule has 10 aliphatic rings. The molecule has 4 bridgehead atoms. The van der Waals surface area contributed by atoms with E-state index in [0.29, 0.717) is 67.9 Å². The molecule has 3 saturated heterocycles. The summed E-state index contributed by atoms with van der Waals surface area (Å²) in [6.07, 6.45) is 6.11. The number of fused-ring (bicyclic) bond motifs is 3. The van der Waals surface area contributed by atoms with Crippen LogP contribution in [0.2, 0.25) is 0 Å². The molecule has 94 heavy (non-hydrogen) atoms. The smallest absolute Gasteiger partial charge is 0.343 e. The first-order valence-corrected chi connectivity index (χ1v) is 33.2. The number of esters is 1. The predicted octanol–water partition coefficient (Wildman–Crippen LogP) is 12.6. The van der Waals surface area contributed by atoms with Gasteiger partial charge in [-0.1, -0.05) is 102 Å². The maximum Gasteiger partial charge on any atom is 0.343 e. The number of carbonyl (C=O) groups excluding carboxylic acids is 4. The highest BCUT2D eigenvalue weighted by Crippen LogP contribution is 2.71. The molecule has 7 unspecified atom stereocenters. The van der Waals surface area contributed by atoms with Crippen LogP contribution >= 0.6 is 0 Å². The molecule has 488 valence electrons. The molecule has 1 spiro atoms. The zero-order valence-electron chi connectivity index (χ0n) is 55.1. The van der Waals surface area contributed by atoms with Crippen LogP contribution in [0.4, 0.5) is 0 Å². The molecule has 0 radical (unpaired) electrons. The van der Waals surface area contributed by atoms with Crippen LogP contribution in [-0.4, -0.2) is 115 Å². The Morgan fingerprint density at radius 2 is 1.36 bits per heavy atom. The van der Waals surface area contributed by atoms with Crippen molar-refractivity contribution in [1.82, 2.24) is 9.80 Å². The van der Waals surface area contributed by atoms with E-state index in [4.69, 9.17) is 37.9 Å². The summed E-state index contributed by atoms with van der Waals surface area (Å²) >= 11 is 0. The molecule has 0 aromatic heterocycles. The summed E-state index contributed by atoms with van der Waals surface area (Å²) in [5, 5.41) is 27.0. The summed E-state index contributed by atoms with van der Waals surface area (Å²) in [5.41, 5.74) is 2.67. The number of ether oxygens (including phenoxy) is 8. The fraction of sp³-hybridized carbons (Fsp3) is 0.436. The number of aliphatic hydroxyl groups excluding tert-OH is 2. The quantitative estimate of drug-likeness (QED) is 0.0480. The number of hydrogen-bond donors (Lipinski definition) is 2. The molecule has 12 atom stereocenters. The van der Waals surface area contributed by atoms with Crippen molar-refractivity contribution in [2.75, 3.05) is 6.61 Å². The first-order chi connectivity index (χ1) is 44.9. The lowest BCUT2D eigenvalue weighted by Crippen LogP contribution is -2.82. The zero-order chi connectivity index (χ0) is 65.7. The topological polar surface area (TPSA) is 189 Å². The molecular formula is C78H82N2O14. The lowest BCUT2D eigenvalue weighted by Gasteiger charge is -2.64. The summed E-state index contributed by atoms with van der Waals surface area (Å²) in [5.74, 6) is -4.07. The molecule has 6 fully saturated rings. The molecule has 6 aromatic carbocycles. The lowest BCUT2D eigenvalue weighted by atomic mass is 9.44. The first-order valence-electron chi connectivity index (χ1n) is 33.2. The third kappa shape index (κ3) is 9.94. The molecule has 7 heterocycles. The van der Waals surface area contributed by atoms with Crippen LogP contribution in [0.1, 0.15) is 149 Å². The van der Waals surface area contributed by atoms with Gasteiger partial charge in [0.25, 0.3) is 0 Å². The largest absolute Gasteiger partial charge is 0.482 e.